The molecule has 100 valence electrons. The molecule has 1 N–H and O–H groups in total. The van der Waals surface area contributed by atoms with Gasteiger partial charge in [-0.05, 0) is 12.8 Å². The van der Waals surface area contributed by atoms with Gasteiger partial charge in [0.2, 0.25) is 0 Å². The van der Waals surface area contributed by atoms with Crippen LogP contribution in [0.15, 0.2) is 0 Å². The first kappa shape index (κ1) is 18.4. The van der Waals surface area contributed by atoms with E-state index in [-0.39, 0.29) is 0 Å². The summed E-state index contributed by atoms with van der Waals surface area (Å²) in [5, 5.41) is 0. The summed E-state index contributed by atoms with van der Waals surface area (Å²) in [5.41, 5.74) is 0. The van der Waals surface area contributed by atoms with Gasteiger partial charge in [0.05, 0.1) is 39.0 Å². The Morgan fingerprint density at radius 3 is 1.81 bits per heavy atom. The summed E-state index contributed by atoms with van der Waals surface area (Å²) in [5.74, 6) is 0. The Labute approximate surface area is 103 Å². The second-order valence-electron chi connectivity index (χ2n) is 5.00. The Kier molecular flexibility index (Phi) is 13.2. The van der Waals surface area contributed by atoms with Crippen molar-refractivity contribution in [2.45, 2.75) is 45.4 Å². The van der Waals surface area contributed by atoms with E-state index in [1.807, 2.05) is 0 Å². The lowest BCUT2D eigenvalue weighted by Crippen LogP contribution is -2.35. The Hall–Kier alpha value is 0.0300. The molecule has 0 amide bonds. The molecular formula is C11H27NO3S. The van der Waals surface area contributed by atoms with Gasteiger partial charge in [-0.15, -0.1) is 0 Å². The quantitative estimate of drug-likeness (QED) is 0.430. The van der Waals surface area contributed by atoms with Gasteiger partial charge >= 0.3 is 0 Å². The third kappa shape index (κ3) is 29.2. The molecule has 0 saturated heterocycles. The number of rotatable bonds is 7. The summed E-state index contributed by atoms with van der Waals surface area (Å²) in [6.07, 6.45) is 8.48. The Bertz CT molecular complexity index is 165. The predicted molar refractivity (Wildman–Crippen MR) is 67.8 cm³/mol. The minimum Gasteiger partial charge on any atom is -0.750 e. The van der Waals surface area contributed by atoms with Gasteiger partial charge < -0.3 is 13.6 Å². The molecule has 16 heavy (non-hydrogen) atoms. The van der Waals surface area contributed by atoms with Crippen LogP contribution in [-0.4, -0.2) is 45.5 Å². The lowest BCUT2D eigenvalue weighted by molar-refractivity contribution is -0.870. The van der Waals surface area contributed by atoms with Crippen LogP contribution in [-0.2, 0) is 11.4 Å². The second-order valence-corrected chi connectivity index (χ2v) is 5.43. The standard InChI is InChI=1S/C11H26N.H2O3S/c1-5-6-7-8-9-10-11-12(2,3)4;1-4(2)3/h5-11H2,1-4H3;(H2,1,2,3)/q+1;/p-1. The molecule has 0 radical (unpaired) electrons. The number of hydrogen-bond donors (Lipinski definition) is 1. The second kappa shape index (κ2) is 11.5. The molecule has 4 nitrogen and oxygen atoms in total. The van der Waals surface area contributed by atoms with E-state index in [2.05, 4.69) is 28.1 Å². The van der Waals surface area contributed by atoms with Gasteiger partial charge in [0.15, 0.2) is 0 Å². The van der Waals surface area contributed by atoms with Gasteiger partial charge in [-0.1, -0.05) is 32.6 Å². The van der Waals surface area contributed by atoms with Gasteiger partial charge in [-0.2, -0.15) is 0 Å². The molecule has 0 fully saturated rings. The topological polar surface area (TPSA) is 60.4 Å². The molecule has 0 bridgehead atoms. The van der Waals surface area contributed by atoms with E-state index in [0.29, 0.717) is 0 Å². The van der Waals surface area contributed by atoms with Crippen molar-refractivity contribution in [3.05, 3.63) is 0 Å². The molecule has 0 rings (SSSR count). The summed E-state index contributed by atoms with van der Waals surface area (Å²) in [6, 6.07) is 0. The fourth-order valence-corrected chi connectivity index (χ4v) is 1.37. The highest BCUT2D eigenvalue weighted by Gasteiger charge is 2.04. The zero-order chi connectivity index (χ0) is 13.0. The zero-order valence-corrected chi connectivity index (χ0v) is 11.9. The lowest BCUT2D eigenvalue weighted by atomic mass is 10.1. The maximum absolute atomic E-state index is 8.56. The molecule has 1 atom stereocenters. The smallest absolute Gasteiger partial charge is 0.0814 e. The maximum Gasteiger partial charge on any atom is 0.0814 e. The van der Waals surface area contributed by atoms with Gasteiger partial charge in [-0.3, -0.25) is 0 Å². The van der Waals surface area contributed by atoms with Crippen LogP contribution >= 0.6 is 0 Å². The van der Waals surface area contributed by atoms with Crippen molar-refractivity contribution in [2.24, 2.45) is 0 Å². The number of hydrogen-bond acceptors (Lipinski definition) is 2. The molecule has 0 aromatic rings. The monoisotopic (exact) mass is 253 g/mol. The van der Waals surface area contributed by atoms with Crippen LogP contribution in [0.2, 0.25) is 0 Å². The predicted octanol–water partition coefficient (Wildman–Crippen LogP) is 2.39. The summed E-state index contributed by atoms with van der Waals surface area (Å²) in [7, 11) is 6.81. The minimum atomic E-state index is -2.86. The number of nitrogens with zero attached hydrogens (tertiary/aromatic N) is 1. The van der Waals surface area contributed by atoms with Crippen LogP contribution in [0.25, 0.3) is 0 Å². The molecule has 0 heterocycles. The first-order chi connectivity index (χ1) is 7.29. The molecule has 0 saturated carbocycles. The van der Waals surface area contributed by atoms with E-state index in [4.69, 9.17) is 13.3 Å². The summed E-state index contributed by atoms with van der Waals surface area (Å²) in [6.45, 7) is 3.60. The van der Waals surface area contributed by atoms with Crippen molar-refractivity contribution >= 4 is 11.4 Å². The third-order valence-corrected chi connectivity index (χ3v) is 2.18. The molecule has 5 heteroatoms. The highest BCUT2D eigenvalue weighted by molar-refractivity contribution is 7.73. The van der Waals surface area contributed by atoms with Crippen LogP contribution in [0.5, 0.6) is 0 Å². The van der Waals surface area contributed by atoms with E-state index in [0.717, 1.165) is 4.48 Å². The van der Waals surface area contributed by atoms with E-state index in [1.54, 1.807) is 0 Å². The average Bonchev–Trinajstić information content (AvgIpc) is 2.08. The fraction of sp³-hybridized carbons (Fsp3) is 1.00. The molecule has 0 aliphatic carbocycles. The highest BCUT2D eigenvalue weighted by Crippen LogP contribution is 2.06. The first-order valence-corrected chi connectivity index (χ1v) is 6.91. The zero-order valence-electron chi connectivity index (χ0n) is 11.1. The van der Waals surface area contributed by atoms with Crippen LogP contribution in [0.3, 0.4) is 0 Å². The molecule has 0 aliphatic rings. The molecule has 1 unspecified atom stereocenters. The summed E-state index contributed by atoms with van der Waals surface area (Å²) in [4.78, 5) is 0. The van der Waals surface area contributed by atoms with Gasteiger partial charge in [-0.25, -0.2) is 4.21 Å². The first-order valence-electron chi connectivity index (χ1n) is 5.88. The Balaban J connectivity index is 0. The maximum atomic E-state index is 8.56. The van der Waals surface area contributed by atoms with Crippen molar-refractivity contribution < 1.29 is 17.8 Å². The van der Waals surface area contributed by atoms with Gasteiger partial charge in [0, 0.05) is 0 Å². The minimum absolute atomic E-state index is 1.12. The average molecular weight is 253 g/mol. The van der Waals surface area contributed by atoms with Gasteiger partial charge in [0.25, 0.3) is 0 Å². The van der Waals surface area contributed by atoms with Crippen molar-refractivity contribution in [3.63, 3.8) is 0 Å². The largest absolute Gasteiger partial charge is 0.750 e. The van der Waals surface area contributed by atoms with Crippen molar-refractivity contribution in [1.82, 2.24) is 0 Å². The Morgan fingerprint density at radius 1 is 1.06 bits per heavy atom. The number of unbranched alkanes of at least 4 members (excludes halogenated alkanes) is 5. The molecule has 0 aliphatic heterocycles. The van der Waals surface area contributed by atoms with Gasteiger partial charge in [0.1, 0.15) is 0 Å². The summed E-state index contributed by atoms with van der Waals surface area (Å²) >= 11 is -2.86. The van der Waals surface area contributed by atoms with E-state index < -0.39 is 11.4 Å². The van der Waals surface area contributed by atoms with Crippen LogP contribution < -0.4 is 0 Å². The van der Waals surface area contributed by atoms with E-state index >= 15 is 0 Å². The molecule has 0 aromatic heterocycles. The van der Waals surface area contributed by atoms with Crippen molar-refractivity contribution in [2.75, 3.05) is 27.7 Å². The molecular weight excluding hydrogens is 226 g/mol. The summed E-state index contributed by atoms with van der Waals surface area (Å²) < 4.78 is 25.2. The van der Waals surface area contributed by atoms with Crippen molar-refractivity contribution in [3.8, 4) is 0 Å². The third-order valence-electron chi connectivity index (χ3n) is 2.18. The molecule has 0 spiro atoms. The fourth-order valence-electron chi connectivity index (χ4n) is 1.37. The van der Waals surface area contributed by atoms with Crippen LogP contribution in [0.1, 0.15) is 45.4 Å². The Morgan fingerprint density at radius 2 is 1.44 bits per heavy atom. The van der Waals surface area contributed by atoms with E-state index in [9.17, 15) is 0 Å². The molecule has 0 aromatic carbocycles. The van der Waals surface area contributed by atoms with Crippen LogP contribution in [0, 0.1) is 0 Å². The SMILES string of the molecule is CCCCCCCC[N+](C)(C)C.O=S([O-])O. The van der Waals surface area contributed by atoms with E-state index in [1.165, 1.54) is 45.1 Å². The number of quaternary nitrogens is 1. The van der Waals surface area contributed by atoms with Crippen LogP contribution in [0.4, 0.5) is 0 Å². The lowest BCUT2D eigenvalue weighted by Gasteiger charge is -2.23. The highest BCUT2D eigenvalue weighted by atomic mass is 32.2. The normalized spacial score (nSPS) is 12.9. The van der Waals surface area contributed by atoms with Crippen molar-refractivity contribution in [1.29, 1.82) is 0 Å².